The molecule has 10 nitrogen and oxygen atoms in total. The van der Waals surface area contributed by atoms with E-state index < -0.39 is 35.0 Å². The zero-order valence-electron chi connectivity index (χ0n) is 13.2. The summed E-state index contributed by atoms with van der Waals surface area (Å²) in [6.45, 7) is 1.25. The van der Waals surface area contributed by atoms with Crippen LogP contribution in [-0.2, 0) is 35.2 Å². The van der Waals surface area contributed by atoms with Crippen molar-refractivity contribution in [3.63, 3.8) is 0 Å². The molecular weight excluding hydrogens is 336 g/mol. The molecule has 0 saturated carbocycles. The largest absolute Gasteiger partial charge is 0.465 e. The first-order chi connectivity index (χ1) is 11.9. The average molecular weight is 352 g/mol. The van der Waals surface area contributed by atoms with Crippen molar-refractivity contribution in [2.24, 2.45) is 5.92 Å². The maximum absolute atomic E-state index is 11.8. The number of non-ortho nitro benzene ring substituents is 1. The molecule has 0 aromatic heterocycles. The number of hydrogen-bond acceptors (Lipinski definition) is 8. The Labute approximate surface area is 142 Å². The third kappa shape index (κ3) is 4.73. The number of nitro groups is 1. The Bertz CT molecular complexity index is 660. The zero-order chi connectivity index (χ0) is 18.4. The first-order valence-corrected chi connectivity index (χ1v) is 7.30. The fourth-order valence-electron chi connectivity index (χ4n) is 2.32. The molecule has 1 aliphatic heterocycles. The zero-order valence-corrected chi connectivity index (χ0v) is 13.2. The van der Waals surface area contributed by atoms with Gasteiger partial charge in [-0.3, -0.25) is 24.5 Å². The van der Waals surface area contributed by atoms with Crippen molar-refractivity contribution in [2.45, 2.75) is 25.9 Å². The van der Waals surface area contributed by atoms with E-state index in [2.05, 4.69) is 10.1 Å². The number of carbonyl (C=O) groups is 3. The fraction of sp³-hybridized carbons (Fsp3) is 0.400. The SMILES string of the molecule is CC(=O)O[C@H]1NC(=O)[C@@H]1C(COC=O)OCc1ccc([N+](=O)[O-])cc1. The number of carbonyl (C=O) groups excluding carboxylic acids is 3. The van der Waals surface area contributed by atoms with Crippen LogP contribution < -0.4 is 5.32 Å². The van der Waals surface area contributed by atoms with E-state index in [4.69, 9.17) is 9.47 Å². The molecule has 1 unspecified atom stereocenters. The molecule has 1 aromatic rings. The lowest BCUT2D eigenvalue weighted by Crippen LogP contribution is -2.65. The van der Waals surface area contributed by atoms with Gasteiger partial charge in [-0.1, -0.05) is 0 Å². The Morgan fingerprint density at radius 1 is 1.40 bits per heavy atom. The second-order valence-corrected chi connectivity index (χ2v) is 5.27. The van der Waals surface area contributed by atoms with Gasteiger partial charge in [-0.25, -0.2) is 0 Å². The number of esters is 1. The molecule has 1 fully saturated rings. The van der Waals surface area contributed by atoms with Crippen LogP contribution in [0.25, 0.3) is 0 Å². The highest BCUT2D eigenvalue weighted by Crippen LogP contribution is 2.24. The average Bonchev–Trinajstić information content (AvgIpc) is 2.56. The number of nitrogens with one attached hydrogen (secondary N) is 1. The minimum absolute atomic E-state index is 0.0292. The predicted octanol–water partition coefficient (Wildman–Crippen LogP) is 0.288. The second kappa shape index (κ2) is 8.20. The van der Waals surface area contributed by atoms with Crippen molar-refractivity contribution in [3.05, 3.63) is 39.9 Å². The summed E-state index contributed by atoms with van der Waals surface area (Å²) in [7, 11) is 0. The van der Waals surface area contributed by atoms with E-state index >= 15 is 0 Å². The van der Waals surface area contributed by atoms with Gasteiger partial charge in [0.2, 0.25) is 5.91 Å². The van der Waals surface area contributed by atoms with E-state index in [-0.39, 0.29) is 25.4 Å². The van der Waals surface area contributed by atoms with Crippen LogP contribution in [0.4, 0.5) is 5.69 Å². The molecule has 1 aliphatic rings. The minimum atomic E-state index is -0.859. The Morgan fingerprint density at radius 3 is 2.60 bits per heavy atom. The van der Waals surface area contributed by atoms with Crippen LogP contribution in [0.2, 0.25) is 0 Å². The lowest BCUT2D eigenvalue weighted by molar-refractivity contribution is -0.384. The summed E-state index contributed by atoms with van der Waals surface area (Å²) in [5.41, 5.74) is 0.573. The molecule has 10 heteroatoms. The number of nitrogens with zero attached hydrogens (tertiary/aromatic N) is 1. The molecule has 3 atom stereocenters. The number of hydrogen-bond donors (Lipinski definition) is 1. The predicted molar refractivity (Wildman–Crippen MR) is 80.9 cm³/mol. The van der Waals surface area contributed by atoms with Crippen LogP contribution in [0.3, 0.4) is 0 Å². The van der Waals surface area contributed by atoms with Gasteiger partial charge in [0.1, 0.15) is 18.6 Å². The summed E-state index contributed by atoms with van der Waals surface area (Å²) in [6, 6.07) is 5.68. The number of nitro benzene ring substituents is 1. The normalized spacial score (nSPS) is 20.0. The number of amides is 1. The van der Waals surface area contributed by atoms with Gasteiger partial charge in [0.15, 0.2) is 6.23 Å². The first-order valence-electron chi connectivity index (χ1n) is 7.30. The van der Waals surface area contributed by atoms with Gasteiger partial charge in [-0.2, -0.15) is 0 Å². The molecular formula is C15H16N2O8. The van der Waals surface area contributed by atoms with Gasteiger partial charge in [0.25, 0.3) is 12.2 Å². The number of β-lactam (4-membered cyclic amide) rings is 1. The standard InChI is InChI=1S/C15H16N2O8/c1-9(19)25-15-13(14(20)16-15)12(7-23-8-18)24-6-10-2-4-11(5-3-10)17(21)22/h2-5,8,12-13,15H,6-7H2,1H3,(H,16,20)/t12?,13-,15+/m0/s1. The van der Waals surface area contributed by atoms with Crippen LogP contribution in [-0.4, -0.2) is 42.2 Å². The molecule has 1 heterocycles. The molecule has 1 amide bonds. The Hall–Kier alpha value is -3.01. The summed E-state index contributed by atoms with van der Waals surface area (Å²) in [5.74, 6) is -1.78. The smallest absolute Gasteiger partial charge is 0.304 e. The molecule has 0 spiro atoms. The molecule has 134 valence electrons. The van der Waals surface area contributed by atoms with Crippen molar-refractivity contribution in [1.29, 1.82) is 0 Å². The van der Waals surface area contributed by atoms with Gasteiger partial charge in [-0.05, 0) is 17.7 Å². The number of rotatable bonds is 9. The molecule has 1 aromatic carbocycles. The van der Waals surface area contributed by atoms with Crippen LogP contribution in [0.1, 0.15) is 12.5 Å². The van der Waals surface area contributed by atoms with Gasteiger partial charge >= 0.3 is 5.97 Å². The summed E-state index contributed by atoms with van der Waals surface area (Å²) in [6.07, 6.45) is -1.69. The highest BCUT2D eigenvalue weighted by atomic mass is 16.6. The maximum atomic E-state index is 11.8. The lowest BCUT2D eigenvalue weighted by Gasteiger charge is -2.39. The Balaban J connectivity index is 2.01. The van der Waals surface area contributed by atoms with Crippen molar-refractivity contribution >= 4 is 24.0 Å². The molecule has 1 N–H and O–H groups in total. The van der Waals surface area contributed by atoms with E-state index in [1.54, 1.807) is 0 Å². The van der Waals surface area contributed by atoms with Gasteiger partial charge in [0, 0.05) is 19.1 Å². The molecule has 0 bridgehead atoms. The maximum Gasteiger partial charge on any atom is 0.304 e. The lowest BCUT2D eigenvalue weighted by atomic mass is 9.92. The van der Waals surface area contributed by atoms with Crippen LogP contribution in [0.5, 0.6) is 0 Å². The van der Waals surface area contributed by atoms with Crippen molar-refractivity contribution in [3.8, 4) is 0 Å². The van der Waals surface area contributed by atoms with Crippen LogP contribution in [0, 0.1) is 16.0 Å². The van der Waals surface area contributed by atoms with Gasteiger partial charge in [-0.15, -0.1) is 0 Å². The quantitative estimate of drug-likeness (QED) is 0.220. The molecule has 2 rings (SSSR count). The van der Waals surface area contributed by atoms with E-state index in [9.17, 15) is 24.5 Å². The number of benzene rings is 1. The topological polar surface area (TPSA) is 134 Å². The fourth-order valence-corrected chi connectivity index (χ4v) is 2.32. The van der Waals surface area contributed by atoms with Crippen LogP contribution in [0.15, 0.2) is 24.3 Å². The summed E-state index contributed by atoms with van der Waals surface area (Å²) in [5, 5.41) is 13.0. The Kier molecular flexibility index (Phi) is 6.01. The minimum Gasteiger partial charge on any atom is -0.465 e. The first kappa shape index (κ1) is 18.3. The monoisotopic (exact) mass is 352 g/mol. The van der Waals surface area contributed by atoms with Crippen molar-refractivity contribution in [2.75, 3.05) is 6.61 Å². The molecule has 0 radical (unpaired) electrons. The van der Waals surface area contributed by atoms with Crippen molar-refractivity contribution in [1.82, 2.24) is 5.32 Å². The summed E-state index contributed by atoms with van der Waals surface area (Å²) < 4.78 is 15.2. The molecule has 0 aliphatic carbocycles. The van der Waals surface area contributed by atoms with E-state index in [0.29, 0.717) is 5.56 Å². The van der Waals surface area contributed by atoms with Crippen molar-refractivity contribution < 1.29 is 33.5 Å². The number of ether oxygens (including phenoxy) is 3. The Morgan fingerprint density at radius 2 is 2.08 bits per heavy atom. The summed E-state index contributed by atoms with van der Waals surface area (Å²) >= 11 is 0. The third-order valence-corrected chi connectivity index (χ3v) is 3.55. The van der Waals surface area contributed by atoms with E-state index in [1.165, 1.54) is 31.2 Å². The third-order valence-electron chi connectivity index (χ3n) is 3.55. The van der Waals surface area contributed by atoms with Gasteiger partial charge in [0.05, 0.1) is 11.5 Å². The molecule has 1 saturated heterocycles. The van der Waals surface area contributed by atoms with E-state index in [0.717, 1.165) is 0 Å². The summed E-state index contributed by atoms with van der Waals surface area (Å²) in [4.78, 5) is 43.3. The van der Waals surface area contributed by atoms with Gasteiger partial charge < -0.3 is 19.5 Å². The van der Waals surface area contributed by atoms with Crippen LogP contribution >= 0.6 is 0 Å². The van der Waals surface area contributed by atoms with E-state index in [1.807, 2.05) is 0 Å². The highest BCUT2D eigenvalue weighted by Gasteiger charge is 2.48. The highest BCUT2D eigenvalue weighted by molar-refractivity contribution is 5.86. The molecule has 25 heavy (non-hydrogen) atoms. The second-order valence-electron chi connectivity index (χ2n) is 5.27.